The molecular weight excluding hydrogens is 350 g/mol. The second-order valence-corrected chi connectivity index (χ2v) is 6.73. The van der Waals surface area contributed by atoms with E-state index in [1.165, 1.54) is 12.6 Å². The van der Waals surface area contributed by atoms with Gasteiger partial charge in [-0.1, -0.05) is 30.2 Å². The second kappa shape index (κ2) is 7.25. The van der Waals surface area contributed by atoms with Gasteiger partial charge in [-0.2, -0.15) is 0 Å². The highest BCUT2D eigenvalue weighted by Crippen LogP contribution is 2.25. The maximum atomic E-state index is 12.4. The smallest absolute Gasteiger partial charge is 0.274 e. The molecule has 0 radical (unpaired) electrons. The summed E-state index contributed by atoms with van der Waals surface area (Å²) in [5.74, 6) is 1.58. The Morgan fingerprint density at radius 2 is 2.04 bits per heavy atom. The summed E-state index contributed by atoms with van der Waals surface area (Å²) < 4.78 is 2.19. The first-order chi connectivity index (χ1) is 12.7. The first kappa shape index (κ1) is 16.7. The molecule has 1 amide bonds. The van der Waals surface area contributed by atoms with E-state index in [9.17, 15) is 4.79 Å². The van der Waals surface area contributed by atoms with E-state index in [4.69, 9.17) is 11.6 Å². The molecule has 2 aromatic heterocycles. The molecule has 3 heterocycles. The Kier molecular flexibility index (Phi) is 4.67. The second-order valence-electron chi connectivity index (χ2n) is 6.30. The monoisotopic (exact) mass is 367 g/mol. The maximum absolute atomic E-state index is 12.4. The van der Waals surface area contributed by atoms with E-state index in [0.29, 0.717) is 10.7 Å². The summed E-state index contributed by atoms with van der Waals surface area (Å²) in [7, 11) is 0. The van der Waals surface area contributed by atoms with Crippen molar-refractivity contribution in [1.29, 1.82) is 0 Å². The van der Waals surface area contributed by atoms with E-state index >= 15 is 0 Å². The molecule has 132 valence electrons. The first-order valence-corrected chi connectivity index (χ1v) is 9.04. The third-order valence-corrected chi connectivity index (χ3v) is 4.68. The molecule has 0 unspecified atom stereocenters. The van der Waals surface area contributed by atoms with Gasteiger partial charge in [-0.05, 0) is 37.1 Å². The SMILES string of the molecule is O=C(Nc1cccc(-c2nnc3n2CCCCC3)c1)c1cc(Cl)ccn1. The van der Waals surface area contributed by atoms with Gasteiger partial charge < -0.3 is 9.88 Å². The third kappa shape index (κ3) is 3.46. The van der Waals surface area contributed by atoms with Gasteiger partial charge in [0.15, 0.2) is 5.82 Å². The molecule has 0 spiro atoms. The van der Waals surface area contributed by atoms with Gasteiger partial charge in [0.25, 0.3) is 5.91 Å². The quantitative estimate of drug-likeness (QED) is 0.760. The molecule has 7 heteroatoms. The normalized spacial score (nSPS) is 13.7. The minimum absolute atomic E-state index is 0.277. The Hall–Kier alpha value is -2.73. The van der Waals surface area contributed by atoms with Crippen molar-refractivity contribution in [3.63, 3.8) is 0 Å². The fourth-order valence-electron chi connectivity index (χ4n) is 3.16. The highest BCUT2D eigenvalue weighted by atomic mass is 35.5. The number of hydrogen-bond donors (Lipinski definition) is 1. The van der Waals surface area contributed by atoms with E-state index < -0.39 is 0 Å². The molecule has 3 aromatic rings. The Morgan fingerprint density at radius 1 is 1.12 bits per heavy atom. The van der Waals surface area contributed by atoms with Crippen molar-refractivity contribution in [2.45, 2.75) is 32.2 Å². The Bertz CT molecular complexity index is 953. The van der Waals surface area contributed by atoms with E-state index in [1.54, 1.807) is 12.1 Å². The summed E-state index contributed by atoms with van der Waals surface area (Å²) in [4.78, 5) is 16.4. The highest BCUT2D eigenvalue weighted by molar-refractivity contribution is 6.30. The van der Waals surface area contributed by atoms with Crippen LogP contribution >= 0.6 is 11.6 Å². The van der Waals surface area contributed by atoms with E-state index in [-0.39, 0.29) is 11.6 Å². The van der Waals surface area contributed by atoms with Crippen LogP contribution in [-0.4, -0.2) is 25.7 Å². The lowest BCUT2D eigenvalue weighted by Crippen LogP contribution is -2.13. The molecule has 0 saturated carbocycles. The van der Waals surface area contributed by atoms with Crippen LogP contribution in [0.4, 0.5) is 5.69 Å². The molecular formula is C19H18ClN5O. The van der Waals surface area contributed by atoms with Gasteiger partial charge in [0.05, 0.1) is 0 Å². The van der Waals surface area contributed by atoms with E-state index in [2.05, 4.69) is 25.1 Å². The highest BCUT2D eigenvalue weighted by Gasteiger charge is 2.16. The predicted molar refractivity (Wildman–Crippen MR) is 100 cm³/mol. The lowest BCUT2D eigenvalue weighted by Gasteiger charge is -2.09. The fourth-order valence-corrected chi connectivity index (χ4v) is 3.32. The number of halogens is 1. The number of rotatable bonds is 3. The summed E-state index contributed by atoms with van der Waals surface area (Å²) >= 11 is 5.93. The zero-order valence-corrected chi connectivity index (χ0v) is 14.9. The number of hydrogen-bond acceptors (Lipinski definition) is 4. The van der Waals surface area contributed by atoms with Gasteiger partial charge in [-0.15, -0.1) is 10.2 Å². The summed E-state index contributed by atoms with van der Waals surface area (Å²) in [6.45, 7) is 0.931. The molecule has 4 rings (SSSR count). The predicted octanol–water partition coefficient (Wildman–Crippen LogP) is 3.97. The zero-order chi connectivity index (χ0) is 17.9. The summed E-state index contributed by atoms with van der Waals surface area (Å²) in [5, 5.41) is 12.1. The molecule has 1 aromatic carbocycles. The van der Waals surface area contributed by atoms with Crippen LogP contribution in [0.15, 0.2) is 42.6 Å². The van der Waals surface area contributed by atoms with Crippen molar-refractivity contribution in [2.75, 3.05) is 5.32 Å². The third-order valence-electron chi connectivity index (χ3n) is 4.44. The van der Waals surface area contributed by atoms with Crippen molar-refractivity contribution < 1.29 is 4.79 Å². The number of pyridine rings is 1. The summed E-state index contributed by atoms with van der Waals surface area (Å²) in [6.07, 6.45) is 5.98. The van der Waals surface area contributed by atoms with Gasteiger partial charge in [-0.3, -0.25) is 9.78 Å². The van der Waals surface area contributed by atoms with Gasteiger partial charge >= 0.3 is 0 Å². The van der Waals surface area contributed by atoms with Crippen molar-refractivity contribution >= 4 is 23.2 Å². The molecule has 0 saturated heterocycles. The minimum Gasteiger partial charge on any atom is -0.321 e. The molecule has 6 nitrogen and oxygen atoms in total. The van der Waals surface area contributed by atoms with Crippen LogP contribution in [0.25, 0.3) is 11.4 Å². The summed E-state index contributed by atoms with van der Waals surface area (Å²) in [5.41, 5.74) is 1.89. The number of benzene rings is 1. The number of nitrogens with zero attached hydrogens (tertiary/aromatic N) is 4. The van der Waals surface area contributed by atoms with Crippen LogP contribution in [-0.2, 0) is 13.0 Å². The van der Waals surface area contributed by atoms with E-state index in [0.717, 1.165) is 43.0 Å². The topological polar surface area (TPSA) is 72.7 Å². The van der Waals surface area contributed by atoms with Gasteiger partial charge in [-0.25, -0.2) is 0 Å². The number of carbonyl (C=O) groups is 1. The number of nitrogens with one attached hydrogen (secondary N) is 1. The number of fused-ring (bicyclic) bond motifs is 1. The number of aromatic nitrogens is 4. The number of carbonyl (C=O) groups excluding carboxylic acids is 1. The molecule has 1 aliphatic rings. The van der Waals surface area contributed by atoms with Gasteiger partial charge in [0.2, 0.25) is 0 Å². The van der Waals surface area contributed by atoms with Crippen LogP contribution < -0.4 is 5.32 Å². The first-order valence-electron chi connectivity index (χ1n) is 8.66. The Labute approximate surface area is 156 Å². The summed E-state index contributed by atoms with van der Waals surface area (Å²) in [6, 6.07) is 10.8. The Morgan fingerprint density at radius 3 is 2.92 bits per heavy atom. The van der Waals surface area contributed by atoms with Crippen LogP contribution in [0, 0.1) is 0 Å². The van der Waals surface area contributed by atoms with Crippen LogP contribution in [0.3, 0.4) is 0 Å². The van der Waals surface area contributed by atoms with Crippen molar-refractivity contribution in [3.8, 4) is 11.4 Å². The van der Waals surface area contributed by atoms with Crippen molar-refractivity contribution in [3.05, 3.63) is 59.1 Å². The largest absolute Gasteiger partial charge is 0.321 e. The van der Waals surface area contributed by atoms with E-state index in [1.807, 2.05) is 24.3 Å². The van der Waals surface area contributed by atoms with Crippen molar-refractivity contribution in [2.24, 2.45) is 0 Å². The standard InChI is InChI=1S/C19H18ClN5O/c20-14-8-9-21-16(12-14)19(26)22-15-6-4-5-13(11-15)18-24-23-17-7-2-1-3-10-25(17)18/h4-6,8-9,11-12H,1-3,7,10H2,(H,22,26). The van der Waals surface area contributed by atoms with Gasteiger partial charge in [0.1, 0.15) is 11.5 Å². The molecule has 0 atom stereocenters. The lowest BCUT2D eigenvalue weighted by molar-refractivity contribution is 0.102. The number of anilines is 1. The molecule has 1 aliphatic heterocycles. The molecule has 1 N–H and O–H groups in total. The van der Waals surface area contributed by atoms with Crippen LogP contribution in [0.5, 0.6) is 0 Å². The molecule has 0 fully saturated rings. The van der Waals surface area contributed by atoms with Crippen LogP contribution in [0.1, 0.15) is 35.6 Å². The van der Waals surface area contributed by atoms with Crippen LogP contribution in [0.2, 0.25) is 5.02 Å². The number of aryl methyl sites for hydroxylation is 1. The fraction of sp³-hybridized carbons (Fsp3) is 0.263. The maximum Gasteiger partial charge on any atom is 0.274 e. The average molecular weight is 368 g/mol. The van der Waals surface area contributed by atoms with Crippen molar-refractivity contribution in [1.82, 2.24) is 19.7 Å². The zero-order valence-electron chi connectivity index (χ0n) is 14.2. The average Bonchev–Trinajstić information content (AvgIpc) is 2.90. The molecule has 0 aliphatic carbocycles. The van der Waals surface area contributed by atoms with Gasteiger partial charge in [0, 0.05) is 35.4 Å². The molecule has 0 bridgehead atoms. The Balaban J connectivity index is 1.59. The number of amides is 1. The lowest BCUT2D eigenvalue weighted by atomic mass is 10.1. The molecule has 26 heavy (non-hydrogen) atoms. The minimum atomic E-state index is -0.301.